The van der Waals surface area contributed by atoms with E-state index in [9.17, 15) is 0 Å². The maximum absolute atomic E-state index is 2.29. The van der Waals surface area contributed by atoms with Crippen LogP contribution in [0.2, 0.25) is 0 Å². The average Bonchev–Trinajstić information content (AvgIpc) is 2.68. The number of hydrogen-bond acceptors (Lipinski definition) is 1. The summed E-state index contributed by atoms with van der Waals surface area (Å²) in [5.74, 6) is 1.85. The third-order valence-electron chi connectivity index (χ3n) is 2.64. The quantitative estimate of drug-likeness (QED) is 0.602. The third-order valence-corrected chi connectivity index (χ3v) is 2.64. The lowest BCUT2D eigenvalue weighted by Gasteiger charge is -2.16. The first kappa shape index (κ1) is 8.63. The molecule has 1 rings (SSSR count). The van der Waals surface area contributed by atoms with Crippen LogP contribution in [0.5, 0.6) is 0 Å². The van der Waals surface area contributed by atoms with Gasteiger partial charge in [0.25, 0.3) is 0 Å². The molecule has 2 atom stereocenters. The Morgan fingerprint density at radius 2 is 2.18 bits per heavy atom. The molecule has 0 bridgehead atoms. The van der Waals surface area contributed by atoms with Crippen LogP contribution >= 0.6 is 0 Å². The van der Waals surface area contributed by atoms with Crippen LogP contribution in [0.25, 0.3) is 0 Å². The molecule has 0 aromatic carbocycles. The Morgan fingerprint density at radius 3 is 2.45 bits per heavy atom. The van der Waals surface area contributed by atoms with E-state index >= 15 is 0 Å². The summed E-state index contributed by atoms with van der Waals surface area (Å²) in [6.07, 6.45) is 5.00. The minimum atomic E-state index is 0.875. The molecule has 11 heavy (non-hydrogen) atoms. The Morgan fingerprint density at radius 1 is 1.55 bits per heavy atom. The van der Waals surface area contributed by atoms with Crippen molar-refractivity contribution >= 4 is 0 Å². The normalized spacial score (nSPS) is 30.4. The Kier molecular flexibility index (Phi) is 2.58. The van der Waals surface area contributed by atoms with E-state index in [0.717, 1.165) is 11.8 Å². The van der Waals surface area contributed by atoms with Crippen LogP contribution in [-0.4, -0.2) is 19.0 Å². The number of nitrogens with zero attached hydrogens (tertiary/aromatic N) is 1. The minimum absolute atomic E-state index is 0.875. The monoisotopic (exact) mass is 153 g/mol. The van der Waals surface area contributed by atoms with Crippen molar-refractivity contribution in [1.29, 1.82) is 0 Å². The van der Waals surface area contributed by atoms with E-state index in [4.69, 9.17) is 0 Å². The molecule has 0 radical (unpaired) electrons. The summed E-state index contributed by atoms with van der Waals surface area (Å²) < 4.78 is 0. The Balaban J connectivity index is 2.47. The summed E-state index contributed by atoms with van der Waals surface area (Å²) in [5.41, 5.74) is 1.52. The van der Waals surface area contributed by atoms with E-state index in [1.807, 2.05) is 0 Å². The second-order valence-electron chi connectivity index (χ2n) is 3.62. The fourth-order valence-corrected chi connectivity index (χ4v) is 1.86. The molecule has 1 saturated carbocycles. The van der Waals surface area contributed by atoms with Crippen molar-refractivity contribution in [2.45, 2.75) is 26.7 Å². The molecule has 0 aliphatic heterocycles. The van der Waals surface area contributed by atoms with E-state index < -0.39 is 0 Å². The molecular weight excluding hydrogens is 134 g/mol. The molecule has 0 aromatic heterocycles. The smallest absolute Gasteiger partial charge is 0.0119 e. The molecule has 1 aliphatic rings. The maximum atomic E-state index is 2.29. The van der Waals surface area contributed by atoms with Gasteiger partial charge in [-0.15, -0.1) is 0 Å². The van der Waals surface area contributed by atoms with Crippen LogP contribution in [0.1, 0.15) is 26.7 Å². The molecule has 0 aromatic rings. The van der Waals surface area contributed by atoms with Gasteiger partial charge in [-0.2, -0.15) is 0 Å². The molecule has 0 amide bonds. The van der Waals surface area contributed by atoms with Gasteiger partial charge in [-0.1, -0.05) is 19.4 Å². The lowest BCUT2D eigenvalue weighted by Crippen LogP contribution is -2.13. The van der Waals surface area contributed by atoms with Gasteiger partial charge in [-0.25, -0.2) is 0 Å². The maximum Gasteiger partial charge on any atom is 0.0119 e. The zero-order valence-electron chi connectivity index (χ0n) is 8.09. The molecule has 64 valence electrons. The van der Waals surface area contributed by atoms with E-state index in [1.165, 1.54) is 18.5 Å². The van der Waals surface area contributed by atoms with Crippen molar-refractivity contribution in [1.82, 2.24) is 4.90 Å². The standard InChI is InChI=1S/C10H19N/c1-5-8-7-9(8)10(6-2)11(3)4/h6,8-9H,5,7H2,1-4H3. The SMILES string of the molecule is CC=C(C1CC1CC)N(C)C. The molecule has 1 heteroatoms. The zero-order valence-corrected chi connectivity index (χ0v) is 8.09. The van der Waals surface area contributed by atoms with Gasteiger partial charge in [0.2, 0.25) is 0 Å². The van der Waals surface area contributed by atoms with Crippen LogP contribution in [0, 0.1) is 11.8 Å². The highest BCUT2D eigenvalue weighted by Crippen LogP contribution is 2.46. The molecule has 0 N–H and O–H groups in total. The molecule has 0 heterocycles. The van der Waals surface area contributed by atoms with Crippen molar-refractivity contribution in [2.75, 3.05) is 14.1 Å². The first-order valence-corrected chi connectivity index (χ1v) is 4.54. The molecule has 1 aliphatic carbocycles. The fourth-order valence-electron chi connectivity index (χ4n) is 1.86. The van der Waals surface area contributed by atoms with Crippen molar-refractivity contribution in [3.63, 3.8) is 0 Å². The highest BCUT2D eigenvalue weighted by Gasteiger charge is 2.38. The van der Waals surface area contributed by atoms with Gasteiger partial charge in [-0.3, -0.25) is 0 Å². The number of allylic oxidation sites excluding steroid dienone is 2. The molecule has 1 nitrogen and oxygen atoms in total. The van der Waals surface area contributed by atoms with Crippen molar-refractivity contribution in [3.05, 3.63) is 11.8 Å². The summed E-state index contributed by atoms with van der Waals surface area (Å²) in [6, 6.07) is 0. The molecular formula is C10H19N. The molecule has 0 saturated heterocycles. The van der Waals surface area contributed by atoms with Crippen molar-refractivity contribution < 1.29 is 0 Å². The summed E-state index contributed by atoms with van der Waals surface area (Å²) >= 11 is 0. The van der Waals surface area contributed by atoms with Gasteiger partial charge in [0, 0.05) is 25.7 Å². The highest BCUT2D eigenvalue weighted by molar-refractivity contribution is 5.12. The minimum Gasteiger partial charge on any atom is -0.381 e. The van der Waals surface area contributed by atoms with Gasteiger partial charge in [0.15, 0.2) is 0 Å². The van der Waals surface area contributed by atoms with Gasteiger partial charge in [0.1, 0.15) is 0 Å². The van der Waals surface area contributed by atoms with E-state index in [0.29, 0.717) is 0 Å². The summed E-state index contributed by atoms with van der Waals surface area (Å²) in [6.45, 7) is 4.42. The van der Waals surface area contributed by atoms with Crippen LogP contribution in [0.15, 0.2) is 11.8 Å². The Bertz CT molecular complexity index is 158. The fraction of sp³-hybridized carbons (Fsp3) is 0.800. The second-order valence-corrected chi connectivity index (χ2v) is 3.62. The largest absolute Gasteiger partial charge is 0.381 e. The first-order valence-electron chi connectivity index (χ1n) is 4.54. The molecule has 2 unspecified atom stereocenters. The third kappa shape index (κ3) is 1.76. The second kappa shape index (κ2) is 3.29. The van der Waals surface area contributed by atoms with Gasteiger partial charge in [-0.05, 0) is 19.3 Å². The molecule has 1 fully saturated rings. The summed E-state index contributed by atoms with van der Waals surface area (Å²) in [7, 11) is 4.28. The van der Waals surface area contributed by atoms with Crippen LogP contribution in [-0.2, 0) is 0 Å². The van der Waals surface area contributed by atoms with Crippen LogP contribution in [0.3, 0.4) is 0 Å². The predicted octanol–water partition coefficient (Wildman–Crippen LogP) is 2.50. The van der Waals surface area contributed by atoms with Gasteiger partial charge < -0.3 is 4.90 Å². The highest BCUT2D eigenvalue weighted by atomic mass is 15.1. The lowest BCUT2D eigenvalue weighted by molar-refractivity contribution is 0.465. The lowest BCUT2D eigenvalue weighted by atomic mass is 10.2. The summed E-state index contributed by atoms with van der Waals surface area (Å²) in [5, 5.41) is 0. The van der Waals surface area contributed by atoms with Crippen LogP contribution in [0.4, 0.5) is 0 Å². The first-order chi connectivity index (χ1) is 5.20. The number of rotatable bonds is 3. The summed E-state index contributed by atoms with van der Waals surface area (Å²) in [4.78, 5) is 2.25. The van der Waals surface area contributed by atoms with Crippen LogP contribution < -0.4 is 0 Å². The average molecular weight is 153 g/mol. The molecule has 0 spiro atoms. The van der Waals surface area contributed by atoms with Crippen molar-refractivity contribution in [3.8, 4) is 0 Å². The van der Waals surface area contributed by atoms with Crippen molar-refractivity contribution in [2.24, 2.45) is 11.8 Å². The topological polar surface area (TPSA) is 3.24 Å². The van der Waals surface area contributed by atoms with E-state index in [1.54, 1.807) is 0 Å². The van der Waals surface area contributed by atoms with E-state index in [-0.39, 0.29) is 0 Å². The Hall–Kier alpha value is -0.460. The van der Waals surface area contributed by atoms with E-state index in [2.05, 4.69) is 38.9 Å². The zero-order chi connectivity index (χ0) is 8.43. The van der Waals surface area contributed by atoms with Gasteiger partial charge in [0.05, 0.1) is 0 Å². The Labute approximate surface area is 70.1 Å². The predicted molar refractivity (Wildman–Crippen MR) is 49.3 cm³/mol. The number of hydrogen-bond donors (Lipinski definition) is 0. The van der Waals surface area contributed by atoms with Gasteiger partial charge >= 0.3 is 0 Å².